The number of aromatic nitrogens is 2. The van der Waals surface area contributed by atoms with Gasteiger partial charge in [0.1, 0.15) is 11.6 Å². The van der Waals surface area contributed by atoms with Crippen molar-refractivity contribution in [3.8, 4) is 0 Å². The van der Waals surface area contributed by atoms with Gasteiger partial charge in [-0.05, 0) is 55.5 Å². The first-order chi connectivity index (χ1) is 13.1. The summed E-state index contributed by atoms with van der Waals surface area (Å²) in [6.45, 7) is 2.21. The van der Waals surface area contributed by atoms with Crippen molar-refractivity contribution in [1.82, 2.24) is 9.97 Å². The average molecular weight is 385 g/mol. The Hall–Kier alpha value is -2.40. The normalized spacial score (nSPS) is 14.9. The second-order valence-corrected chi connectivity index (χ2v) is 7.45. The summed E-state index contributed by atoms with van der Waals surface area (Å²) in [4.78, 5) is 9.31. The van der Waals surface area contributed by atoms with E-state index in [2.05, 4.69) is 22.5 Å². The maximum Gasteiger partial charge on any atom is 0.229 e. The van der Waals surface area contributed by atoms with E-state index in [9.17, 15) is 4.39 Å². The Morgan fingerprint density at radius 2 is 2.00 bits per heavy atom. The summed E-state index contributed by atoms with van der Waals surface area (Å²) in [6, 6.07) is 12.9. The molecular formula is C21H22ClFN4. The smallest absolute Gasteiger partial charge is 0.229 e. The maximum absolute atomic E-state index is 13.4. The van der Waals surface area contributed by atoms with E-state index in [1.165, 1.54) is 25.0 Å². The van der Waals surface area contributed by atoms with E-state index in [1.807, 2.05) is 24.3 Å². The molecule has 0 saturated heterocycles. The van der Waals surface area contributed by atoms with Crippen LogP contribution < -0.4 is 10.6 Å². The number of para-hydroxylation sites is 1. The first-order valence-corrected chi connectivity index (χ1v) is 9.77. The topological polar surface area (TPSA) is 49.8 Å². The highest BCUT2D eigenvalue weighted by molar-refractivity contribution is 6.31. The van der Waals surface area contributed by atoms with E-state index in [0.717, 1.165) is 35.5 Å². The molecule has 1 saturated carbocycles. The van der Waals surface area contributed by atoms with Gasteiger partial charge in [0.15, 0.2) is 0 Å². The molecule has 1 aromatic heterocycles. The van der Waals surface area contributed by atoms with Crippen LogP contribution in [0.4, 0.5) is 21.8 Å². The van der Waals surface area contributed by atoms with Crippen molar-refractivity contribution < 1.29 is 4.39 Å². The molecule has 3 aromatic rings. The first-order valence-electron chi connectivity index (χ1n) is 9.39. The van der Waals surface area contributed by atoms with Crippen molar-refractivity contribution in [2.75, 3.05) is 10.6 Å². The Kier molecular flexibility index (Phi) is 5.12. The van der Waals surface area contributed by atoms with E-state index < -0.39 is 5.82 Å². The molecule has 6 heteroatoms. The van der Waals surface area contributed by atoms with Gasteiger partial charge < -0.3 is 10.6 Å². The molecular weight excluding hydrogens is 363 g/mol. The maximum atomic E-state index is 13.4. The number of nitrogens with zero attached hydrogens (tertiary/aromatic N) is 2. The average Bonchev–Trinajstić information content (AvgIpc) is 3.50. The molecule has 0 amide bonds. The number of benzene rings is 2. The van der Waals surface area contributed by atoms with Gasteiger partial charge in [0.25, 0.3) is 0 Å². The minimum atomic E-state index is -0.448. The van der Waals surface area contributed by atoms with E-state index >= 15 is 0 Å². The Morgan fingerprint density at radius 3 is 2.74 bits per heavy atom. The second kappa shape index (κ2) is 7.69. The standard InChI is InChI=1S/C21H22ClFN4/c1-2-5-18(13-8-9-13)25-20-15-6-3-4-7-19(15)26-21(27-20)24-14-10-11-17(23)16(22)12-14/h3-4,6-7,10-13,18H,2,5,8-9H2,1H3,(H2,24,25,26,27). The predicted molar refractivity (Wildman–Crippen MR) is 109 cm³/mol. The van der Waals surface area contributed by atoms with Crippen molar-refractivity contribution in [2.45, 2.75) is 38.6 Å². The quantitative estimate of drug-likeness (QED) is 0.512. The molecule has 4 rings (SSSR count). The van der Waals surface area contributed by atoms with Gasteiger partial charge in [-0.25, -0.2) is 9.37 Å². The molecule has 1 atom stereocenters. The number of halogens is 2. The Morgan fingerprint density at radius 1 is 1.19 bits per heavy atom. The zero-order chi connectivity index (χ0) is 18.8. The third-order valence-electron chi connectivity index (χ3n) is 4.89. The largest absolute Gasteiger partial charge is 0.366 e. The van der Waals surface area contributed by atoms with Crippen LogP contribution >= 0.6 is 11.6 Å². The summed E-state index contributed by atoms with van der Waals surface area (Å²) in [5.41, 5.74) is 1.51. The Balaban J connectivity index is 1.68. The van der Waals surface area contributed by atoms with Gasteiger partial charge in [-0.3, -0.25) is 0 Å². The molecule has 1 fully saturated rings. The van der Waals surface area contributed by atoms with Crippen molar-refractivity contribution in [3.05, 3.63) is 53.3 Å². The van der Waals surface area contributed by atoms with Gasteiger partial charge in [-0.15, -0.1) is 0 Å². The molecule has 1 aliphatic carbocycles. The highest BCUT2D eigenvalue weighted by Crippen LogP contribution is 2.37. The van der Waals surface area contributed by atoms with Gasteiger partial charge in [-0.1, -0.05) is 37.1 Å². The second-order valence-electron chi connectivity index (χ2n) is 7.04. The highest BCUT2D eigenvalue weighted by Gasteiger charge is 2.31. The van der Waals surface area contributed by atoms with Crippen LogP contribution in [0.25, 0.3) is 10.9 Å². The van der Waals surface area contributed by atoms with Crippen molar-refractivity contribution in [3.63, 3.8) is 0 Å². The van der Waals surface area contributed by atoms with Crippen LogP contribution in [0.1, 0.15) is 32.6 Å². The van der Waals surface area contributed by atoms with E-state index in [0.29, 0.717) is 17.7 Å². The number of hydrogen-bond donors (Lipinski definition) is 2. The minimum absolute atomic E-state index is 0.0656. The molecule has 0 bridgehead atoms. The summed E-state index contributed by atoms with van der Waals surface area (Å²) < 4.78 is 13.4. The number of anilines is 3. The molecule has 0 spiro atoms. The molecule has 2 N–H and O–H groups in total. The van der Waals surface area contributed by atoms with Crippen molar-refractivity contribution in [1.29, 1.82) is 0 Å². The van der Waals surface area contributed by atoms with Crippen LogP contribution in [0.2, 0.25) is 5.02 Å². The highest BCUT2D eigenvalue weighted by atomic mass is 35.5. The molecule has 0 radical (unpaired) electrons. The Labute approximate surface area is 163 Å². The van der Waals surface area contributed by atoms with Crippen LogP contribution in [0.5, 0.6) is 0 Å². The molecule has 4 nitrogen and oxygen atoms in total. The van der Waals surface area contributed by atoms with Crippen LogP contribution in [-0.4, -0.2) is 16.0 Å². The molecule has 27 heavy (non-hydrogen) atoms. The zero-order valence-electron chi connectivity index (χ0n) is 15.2. The lowest BCUT2D eigenvalue weighted by Gasteiger charge is -2.20. The molecule has 140 valence electrons. The van der Waals surface area contributed by atoms with Gasteiger partial charge >= 0.3 is 0 Å². The summed E-state index contributed by atoms with van der Waals surface area (Å²) in [6.07, 6.45) is 4.81. The van der Waals surface area contributed by atoms with Crippen LogP contribution in [0.3, 0.4) is 0 Å². The molecule has 1 aliphatic rings. The van der Waals surface area contributed by atoms with E-state index in [-0.39, 0.29) is 5.02 Å². The summed E-state index contributed by atoms with van der Waals surface area (Å²) in [5.74, 6) is 1.58. The number of nitrogens with one attached hydrogen (secondary N) is 2. The van der Waals surface area contributed by atoms with Gasteiger partial charge in [-0.2, -0.15) is 4.98 Å². The van der Waals surface area contributed by atoms with E-state index in [1.54, 1.807) is 6.07 Å². The number of hydrogen-bond acceptors (Lipinski definition) is 4. The van der Waals surface area contributed by atoms with Crippen LogP contribution in [-0.2, 0) is 0 Å². The lowest BCUT2D eigenvalue weighted by molar-refractivity contribution is 0.576. The first kappa shape index (κ1) is 18.0. The third kappa shape index (κ3) is 4.14. The monoisotopic (exact) mass is 384 g/mol. The summed E-state index contributed by atoms with van der Waals surface area (Å²) in [5, 5.41) is 7.86. The van der Waals surface area contributed by atoms with Crippen molar-refractivity contribution >= 4 is 40.0 Å². The summed E-state index contributed by atoms with van der Waals surface area (Å²) in [7, 11) is 0. The molecule has 1 unspecified atom stereocenters. The lowest BCUT2D eigenvalue weighted by Crippen LogP contribution is -2.22. The number of fused-ring (bicyclic) bond motifs is 1. The lowest BCUT2D eigenvalue weighted by atomic mass is 10.1. The SMILES string of the molecule is CCCC(Nc1nc(Nc2ccc(F)c(Cl)c2)nc2ccccc12)C1CC1. The van der Waals surface area contributed by atoms with Gasteiger partial charge in [0, 0.05) is 17.1 Å². The summed E-state index contributed by atoms with van der Waals surface area (Å²) >= 11 is 5.88. The minimum Gasteiger partial charge on any atom is -0.366 e. The fourth-order valence-electron chi connectivity index (χ4n) is 3.36. The molecule has 2 aromatic carbocycles. The fourth-order valence-corrected chi connectivity index (χ4v) is 3.54. The zero-order valence-corrected chi connectivity index (χ0v) is 15.9. The fraction of sp³-hybridized carbons (Fsp3) is 0.333. The van der Waals surface area contributed by atoms with Gasteiger partial charge in [0.2, 0.25) is 5.95 Å². The van der Waals surface area contributed by atoms with Crippen LogP contribution in [0, 0.1) is 11.7 Å². The third-order valence-corrected chi connectivity index (χ3v) is 5.18. The van der Waals surface area contributed by atoms with E-state index in [4.69, 9.17) is 16.6 Å². The Bertz CT molecular complexity index is 958. The number of rotatable bonds is 7. The molecule has 0 aliphatic heterocycles. The van der Waals surface area contributed by atoms with Crippen LogP contribution in [0.15, 0.2) is 42.5 Å². The predicted octanol–water partition coefficient (Wildman–Crippen LogP) is 6.16. The van der Waals surface area contributed by atoms with Gasteiger partial charge in [0.05, 0.1) is 10.5 Å². The van der Waals surface area contributed by atoms with Crippen molar-refractivity contribution in [2.24, 2.45) is 5.92 Å². The molecule has 1 heterocycles.